The number of nitrogens with two attached hydrogens (primary N) is 1. The van der Waals surface area contributed by atoms with E-state index in [0.29, 0.717) is 12.2 Å². The van der Waals surface area contributed by atoms with Crippen LogP contribution in [0.4, 0.5) is 17.1 Å². The lowest BCUT2D eigenvalue weighted by atomic mass is 10.1. The van der Waals surface area contributed by atoms with E-state index in [1.54, 1.807) is 0 Å². The summed E-state index contributed by atoms with van der Waals surface area (Å²) in [6.07, 6.45) is 0.936. The maximum atomic E-state index is 12.6. The number of carbonyl (C=O) groups excluding carboxylic acids is 1. The van der Waals surface area contributed by atoms with E-state index in [0.717, 1.165) is 34.7 Å². The fraction of sp³-hybridized carbons (Fsp3) is 0.350. The highest BCUT2D eigenvalue weighted by Crippen LogP contribution is 2.35. The summed E-state index contributed by atoms with van der Waals surface area (Å²) < 4.78 is 5.98. The molecule has 0 fully saturated rings. The summed E-state index contributed by atoms with van der Waals surface area (Å²) in [5.74, 6) is 0.718. The molecule has 1 atom stereocenters. The van der Waals surface area contributed by atoms with Gasteiger partial charge in [-0.1, -0.05) is 25.1 Å². The highest BCUT2D eigenvalue weighted by molar-refractivity contribution is 5.95. The second-order valence-electron chi connectivity index (χ2n) is 6.57. The van der Waals surface area contributed by atoms with Gasteiger partial charge in [0.25, 0.3) is 0 Å². The molecule has 1 aliphatic heterocycles. The maximum Gasteiger partial charge on any atom is 0.243 e. The van der Waals surface area contributed by atoms with Crippen molar-refractivity contribution in [2.75, 3.05) is 29.0 Å². The van der Waals surface area contributed by atoms with Gasteiger partial charge in [-0.3, -0.25) is 4.79 Å². The topological polar surface area (TPSA) is 67.6 Å². The number of rotatable bonds is 4. The first-order chi connectivity index (χ1) is 12.0. The Morgan fingerprint density at radius 3 is 2.68 bits per heavy atom. The van der Waals surface area contributed by atoms with Crippen molar-refractivity contribution < 1.29 is 9.53 Å². The van der Waals surface area contributed by atoms with Crippen LogP contribution in [0.15, 0.2) is 36.4 Å². The molecule has 0 aromatic heterocycles. The summed E-state index contributed by atoms with van der Waals surface area (Å²) in [4.78, 5) is 14.7. The van der Waals surface area contributed by atoms with E-state index in [2.05, 4.69) is 17.1 Å². The first-order valence-corrected chi connectivity index (χ1v) is 8.65. The van der Waals surface area contributed by atoms with Gasteiger partial charge in [-0.25, -0.2) is 0 Å². The van der Waals surface area contributed by atoms with Gasteiger partial charge in [0.2, 0.25) is 5.91 Å². The maximum absolute atomic E-state index is 12.6. The van der Waals surface area contributed by atoms with Crippen LogP contribution < -0.4 is 20.7 Å². The number of nitrogens with one attached hydrogen (secondary N) is 1. The van der Waals surface area contributed by atoms with E-state index in [4.69, 9.17) is 10.5 Å². The molecule has 2 aromatic carbocycles. The largest absolute Gasteiger partial charge is 0.486 e. The lowest BCUT2D eigenvalue weighted by molar-refractivity contribution is -0.115. The summed E-state index contributed by atoms with van der Waals surface area (Å²) in [6.45, 7) is 7.06. The average Bonchev–Trinajstić information content (AvgIpc) is 2.57. The predicted molar refractivity (Wildman–Crippen MR) is 102 cm³/mol. The molecule has 5 nitrogen and oxygen atoms in total. The first kappa shape index (κ1) is 17.1. The van der Waals surface area contributed by atoms with Crippen LogP contribution in [0.25, 0.3) is 0 Å². The molecular formula is C20H25N3O2. The van der Waals surface area contributed by atoms with E-state index in [1.807, 2.05) is 50.2 Å². The molecular weight excluding hydrogens is 314 g/mol. The molecule has 1 heterocycles. The summed E-state index contributed by atoms with van der Waals surface area (Å²) in [5.41, 5.74) is 10.5. The Morgan fingerprint density at radius 1 is 1.28 bits per heavy atom. The molecule has 3 rings (SSSR count). The molecule has 0 spiro atoms. The first-order valence-electron chi connectivity index (χ1n) is 8.65. The van der Waals surface area contributed by atoms with E-state index < -0.39 is 0 Å². The monoisotopic (exact) mass is 339 g/mol. The molecule has 3 N–H and O–H groups in total. The number of nitrogens with zero attached hydrogens (tertiary/aromatic N) is 1. The number of benzene rings is 2. The Hall–Kier alpha value is -2.69. The van der Waals surface area contributed by atoms with Crippen molar-refractivity contribution in [2.45, 2.75) is 33.3 Å². The molecule has 0 aliphatic carbocycles. The highest BCUT2D eigenvalue weighted by Gasteiger charge is 2.26. The van der Waals surface area contributed by atoms with E-state index in [1.165, 1.54) is 0 Å². The Morgan fingerprint density at radius 2 is 2.00 bits per heavy atom. The Bertz CT molecular complexity index is 768. The zero-order valence-electron chi connectivity index (χ0n) is 15.0. The summed E-state index contributed by atoms with van der Waals surface area (Å²) in [7, 11) is 0. The third-order valence-corrected chi connectivity index (χ3v) is 4.58. The SMILES string of the molecule is CCC1CN(CC(=O)Nc2c(C)cccc2C)c2ccc(N)cc2O1. The van der Waals surface area contributed by atoms with Gasteiger partial charge in [0.05, 0.1) is 18.8 Å². The molecule has 2 aromatic rings. The normalized spacial score (nSPS) is 16.1. The van der Waals surface area contributed by atoms with Crippen LogP contribution in [0.3, 0.4) is 0 Å². The van der Waals surface area contributed by atoms with Gasteiger partial charge in [0.1, 0.15) is 11.9 Å². The number of aryl methyl sites for hydroxylation is 2. The van der Waals surface area contributed by atoms with Crippen molar-refractivity contribution in [3.05, 3.63) is 47.5 Å². The summed E-state index contributed by atoms with van der Waals surface area (Å²) in [5, 5.41) is 3.05. The number of carbonyl (C=O) groups is 1. The molecule has 0 saturated carbocycles. The van der Waals surface area contributed by atoms with Crippen LogP contribution >= 0.6 is 0 Å². The fourth-order valence-corrected chi connectivity index (χ4v) is 3.17. The number of hydrogen-bond donors (Lipinski definition) is 2. The predicted octanol–water partition coefficient (Wildman–Crippen LogP) is 3.50. The van der Waals surface area contributed by atoms with Crippen molar-refractivity contribution in [1.29, 1.82) is 0 Å². The van der Waals surface area contributed by atoms with Gasteiger partial charge >= 0.3 is 0 Å². The number of fused-ring (bicyclic) bond motifs is 1. The fourth-order valence-electron chi connectivity index (χ4n) is 3.17. The lowest BCUT2D eigenvalue weighted by Gasteiger charge is -2.35. The van der Waals surface area contributed by atoms with Crippen molar-refractivity contribution in [1.82, 2.24) is 0 Å². The van der Waals surface area contributed by atoms with Gasteiger partial charge in [-0.05, 0) is 43.5 Å². The Kier molecular flexibility index (Phi) is 4.83. The molecule has 25 heavy (non-hydrogen) atoms. The van der Waals surface area contributed by atoms with Gasteiger partial charge in [-0.2, -0.15) is 0 Å². The molecule has 0 radical (unpaired) electrons. The van der Waals surface area contributed by atoms with Crippen molar-refractivity contribution in [3.8, 4) is 5.75 Å². The van der Waals surface area contributed by atoms with Crippen molar-refractivity contribution in [3.63, 3.8) is 0 Å². The van der Waals surface area contributed by atoms with Crippen LogP contribution in [-0.4, -0.2) is 25.1 Å². The van der Waals surface area contributed by atoms with Crippen LogP contribution in [-0.2, 0) is 4.79 Å². The number of nitrogen functional groups attached to an aromatic ring is 1. The average molecular weight is 339 g/mol. The second kappa shape index (κ2) is 7.05. The zero-order chi connectivity index (χ0) is 18.0. The molecule has 5 heteroatoms. The number of para-hydroxylation sites is 1. The summed E-state index contributed by atoms with van der Waals surface area (Å²) >= 11 is 0. The molecule has 1 amide bonds. The van der Waals surface area contributed by atoms with Crippen LogP contribution in [0.5, 0.6) is 5.75 Å². The Labute approximate surface area is 148 Å². The minimum absolute atomic E-state index is 0.0306. The lowest BCUT2D eigenvalue weighted by Crippen LogP contribution is -2.43. The smallest absolute Gasteiger partial charge is 0.243 e. The van der Waals surface area contributed by atoms with E-state index in [9.17, 15) is 4.79 Å². The van der Waals surface area contributed by atoms with E-state index in [-0.39, 0.29) is 18.6 Å². The van der Waals surface area contributed by atoms with Crippen LogP contribution in [0.2, 0.25) is 0 Å². The second-order valence-corrected chi connectivity index (χ2v) is 6.57. The molecule has 132 valence electrons. The molecule has 0 bridgehead atoms. The van der Waals surface area contributed by atoms with Gasteiger partial charge < -0.3 is 20.7 Å². The standard InChI is InChI=1S/C20H25N3O2/c1-4-16-11-23(17-9-8-15(21)10-18(17)25-16)12-19(24)22-20-13(2)6-5-7-14(20)3/h5-10,16H,4,11-12,21H2,1-3H3,(H,22,24). The minimum Gasteiger partial charge on any atom is -0.486 e. The van der Waals surface area contributed by atoms with Gasteiger partial charge in [0, 0.05) is 17.4 Å². The third kappa shape index (κ3) is 3.71. The van der Waals surface area contributed by atoms with Crippen molar-refractivity contribution in [2.24, 2.45) is 0 Å². The van der Waals surface area contributed by atoms with Gasteiger partial charge in [0.15, 0.2) is 0 Å². The Balaban J connectivity index is 1.79. The molecule has 1 unspecified atom stereocenters. The third-order valence-electron chi connectivity index (χ3n) is 4.58. The van der Waals surface area contributed by atoms with Crippen molar-refractivity contribution >= 4 is 23.0 Å². The number of ether oxygens (including phenoxy) is 1. The van der Waals surface area contributed by atoms with Gasteiger partial charge in [-0.15, -0.1) is 0 Å². The number of amides is 1. The quantitative estimate of drug-likeness (QED) is 0.837. The van der Waals surface area contributed by atoms with Crippen LogP contribution in [0.1, 0.15) is 24.5 Å². The number of anilines is 3. The minimum atomic E-state index is -0.0306. The van der Waals surface area contributed by atoms with Crippen LogP contribution in [0, 0.1) is 13.8 Å². The number of hydrogen-bond acceptors (Lipinski definition) is 4. The molecule has 0 saturated heterocycles. The van der Waals surface area contributed by atoms with E-state index >= 15 is 0 Å². The highest BCUT2D eigenvalue weighted by atomic mass is 16.5. The summed E-state index contributed by atoms with van der Waals surface area (Å²) in [6, 6.07) is 11.6. The molecule has 1 aliphatic rings. The zero-order valence-corrected chi connectivity index (χ0v) is 15.0.